The molecule has 1 aliphatic rings. The predicted molar refractivity (Wildman–Crippen MR) is 177 cm³/mol. The number of benzene rings is 2. The molecule has 6 N–H and O–H groups in total. The summed E-state index contributed by atoms with van der Waals surface area (Å²) in [7, 11) is 0. The number of H-pyrrole nitrogens is 2. The second-order valence-electron chi connectivity index (χ2n) is 10.0. The van der Waals surface area contributed by atoms with Crippen LogP contribution in [0, 0.1) is 6.92 Å². The lowest BCUT2D eigenvalue weighted by molar-refractivity contribution is 0.829. The van der Waals surface area contributed by atoms with Crippen molar-refractivity contribution in [1.29, 1.82) is 0 Å². The van der Waals surface area contributed by atoms with Gasteiger partial charge in [0.2, 0.25) is 0 Å². The lowest BCUT2D eigenvalue weighted by Crippen LogP contribution is -2.05. The molecule has 45 heavy (non-hydrogen) atoms. The van der Waals surface area contributed by atoms with Crippen LogP contribution in [0.25, 0.3) is 50.1 Å². The Morgan fingerprint density at radius 2 is 1.40 bits per heavy atom. The Balaban J connectivity index is 0.000000137. The Hall–Kier alpha value is -5.95. The number of aryl methyl sites for hydroxylation is 1. The van der Waals surface area contributed by atoms with Crippen molar-refractivity contribution in [3.05, 3.63) is 96.4 Å². The molecule has 0 bridgehead atoms. The van der Waals surface area contributed by atoms with Gasteiger partial charge in [0, 0.05) is 33.8 Å². The summed E-state index contributed by atoms with van der Waals surface area (Å²) >= 11 is 6.01. The zero-order valence-electron chi connectivity index (χ0n) is 24.3. The predicted octanol–water partition coefficient (Wildman–Crippen LogP) is 5.37. The fourth-order valence-electron chi connectivity index (χ4n) is 4.51. The van der Waals surface area contributed by atoms with Gasteiger partial charge in [-0.05, 0) is 50.3 Å². The van der Waals surface area contributed by atoms with E-state index in [9.17, 15) is 0 Å². The summed E-state index contributed by atoms with van der Waals surface area (Å²) in [6, 6.07) is 13.6. The van der Waals surface area contributed by atoms with Crippen LogP contribution in [-0.2, 0) is 0 Å². The zero-order valence-corrected chi connectivity index (χ0v) is 25.1. The molecule has 1 aliphatic heterocycles. The number of rotatable bonds is 3. The smallest absolute Gasteiger partial charge is 0.182 e. The molecule has 5 aromatic heterocycles. The van der Waals surface area contributed by atoms with Gasteiger partial charge in [0.1, 0.15) is 23.0 Å². The third-order valence-corrected chi connectivity index (χ3v) is 6.96. The van der Waals surface area contributed by atoms with Gasteiger partial charge < -0.3 is 11.5 Å². The van der Waals surface area contributed by atoms with Crippen LogP contribution in [0.1, 0.15) is 12.6 Å². The molecule has 0 saturated carbocycles. The average molecular weight is 618 g/mol. The SMILES string of the molecule is CC1=NCC=C1.Cc1ccn(-c2nc(N)cnc2-c2ccc3[nH]ncc3c2)n1.Nc1cnc(-c2ccc3[nH]ncc3c2)c(Cl)n1. The third-order valence-electron chi connectivity index (χ3n) is 6.69. The molecule has 13 nitrogen and oxygen atoms in total. The maximum atomic E-state index is 6.01. The number of anilines is 2. The van der Waals surface area contributed by atoms with Crippen LogP contribution >= 0.6 is 11.6 Å². The second-order valence-corrected chi connectivity index (χ2v) is 10.4. The Morgan fingerprint density at radius 3 is 1.93 bits per heavy atom. The Bertz CT molecular complexity index is 2170. The van der Waals surface area contributed by atoms with Gasteiger partial charge in [-0.3, -0.25) is 15.2 Å². The Labute approximate surface area is 262 Å². The van der Waals surface area contributed by atoms with Gasteiger partial charge >= 0.3 is 0 Å². The molecule has 0 aliphatic carbocycles. The fourth-order valence-corrected chi connectivity index (χ4v) is 4.77. The molecule has 0 saturated heterocycles. The summed E-state index contributed by atoms with van der Waals surface area (Å²) in [5, 5.41) is 20.5. The van der Waals surface area contributed by atoms with Crippen LogP contribution in [0.15, 0.2) is 90.6 Å². The number of hydrogen-bond acceptors (Lipinski definition) is 10. The molecule has 224 valence electrons. The van der Waals surface area contributed by atoms with Crippen molar-refractivity contribution in [2.75, 3.05) is 18.0 Å². The number of halogens is 1. The van der Waals surface area contributed by atoms with Crippen LogP contribution < -0.4 is 11.5 Å². The normalized spacial score (nSPS) is 12.0. The minimum atomic E-state index is 0.299. The largest absolute Gasteiger partial charge is 0.382 e. The minimum Gasteiger partial charge on any atom is -0.382 e. The number of nitrogens with zero attached hydrogens (tertiary/aromatic N) is 9. The van der Waals surface area contributed by atoms with Gasteiger partial charge in [0.15, 0.2) is 11.0 Å². The number of aliphatic imine (C=N–C) groups is 1. The van der Waals surface area contributed by atoms with Crippen LogP contribution in [0.4, 0.5) is 11.6 Å². The number of nitrogen functional groups attached to an aromatic ring is 2. The lowest BCUT2D eigenvalue weighted by Gasteiger charge is -2.09. The molecule has 0 atom stereocenters. The Morgan fingerprint density at radius 1 is 0.778 bits per heavy atom. The number of nitrogens with two attached hydrogens (primary N) is 2. The average Bonchev–Trinajstić information content (AvgIpc) is 3.85. The highest BCUT2D eigenvalue weighted by molar-refractivity contribution is 6.32. The zero-order chi connectivity index (χ0) is 31.3. The summed E-state index contributed by atoms with van der Waals surface area (Å²) < 4.78 is 1.69. The number of hydrogen-bond donors (Lipinski definition) is 4. The maximum Gasteiger partial charge on any atom is 0.182 e. The molecule has 0 spiro atoms. The summed E-state index contributed by atoms with van der Waals surface area (Å²) in [6.45, 7) is 4.82. The van der Waals surface area contributed by atoms with E-state index < -0.39 is 0 Å². The van der Waals surface area contributed by atoms with Gasteiger partial charge in [0.25, 0.3) is 0 Å². The summed E-state index contributed by atoms with van der Waals surface area (Å²) in [4.78, 5) is 21.0. The van der Waals surface area contributed by atoms with Gasteiger partial charge in [-0.25, -0.2) is 24.6 Å². The van der Waals surface area contributed by atoms with E-state index >= 15 is 0 Å². The van der Waals surface area contributed by atoms with E-state index in [0.29, 0.717) is 28.3 Å². The van der Waals surface area contributed by atoms with E-state index in [2.05, 4.69) is 56.5 Å². The first-order valence-corrected chi connectivity index (χ1v) is 14.2. The molecule has 0 fully saturated rings. The minimum absolute atomic E-state index is 0.299. The molecule has 14 heteroatoms. The monoisotopic (exact) mass is 617 g/mol. The van der Waals surface area contributed by atoms with E-state index in [1.165, 1.54) is 6.20 Å². The summed E-state index contributed by atoms with van der Waals surface area (Å²) in [5.74, 6) is 1.27. The Kier molecular flexibility index (Phi) is 8.24. The molecule has 0 radical (unpaired) electrons. The molecule has 8 rings (SSSR count). The highest BCUT2D eigenvalue weighted by Crippen LogP contribution is 2.28. The highest BCUT2D eigenvalue weighted by Gasteiger charge is 2.13. The van der Waals surface area contributed by atoms with Crippen molar-refractivity contribution in [1.82, 2.24) is 50.1 Å². The summed E-state index contributed by atoms with van der Waals surface area (Å²) in [5.41, 5.74) is 18.5. The van der Waals surface area contributed by atoms with Crippen LogP contribution in [0.3, 0.4) is 0 Å². The van der Waals surface area contributed by atoms with E-state index in [0.717, 1.165) is 56.6 Å². The first kappa shape index (κ1) is 29.1. The van der Waals surface area contributed by atoms with Crippen molar-refractivity contribution in [2.45, 2.75) is 13.8 Å². The standard InChI is InChI=1S/C15H13N7.C11H8ClN5.C5H7N/c1-9-4-5-22(21-9)15-14(17-8-13(16)19-15)10-2-3-12-11(6-10)7-18-20-12;12-11-10(14-5-9(13)16-11)6-1-2-8-7(3-6)4-15-17-8;1-5-3-2-4-6-5/h2-8H,1H3,(H2,16,19)(H,18,20);1-5H,(H2,13,16)(H,15,17);2-3H,4H2,1H3. The molecule has 7 aromatic rings. The van der Waals surface area contributed by atoms with Crippen molar-refractivity contribution in [3.8, 4) is 28.3 Å². The van der Waals surface area contributed by atoms with Crippen molar-refractivity contribution in [3.63, 3.8) is 0 Å². The van der Waals surface area contributed by atoms with Crippen molar-refractivity contribution >= 4 is 50.8 Å². The number of fused-ring (bicyclic) bond motifs is 2. The fraction of sp³-hybridized carbons (Fsp3) is 0.0968. The van der Waals surface area contributed by atoms with E-state index in [1.807, 2.05) is 68.6 Å². The first-order valence-electron chi connectivity index (χ1n) is 13.8. The van der Waals surface area contributed by atoms with Crippen LogP contribution in [0.2, 0.25) is 5.15 Å². The highest BCUT2D eigenvalue weighted by atomic mass is 35.5. The van der Waals surface area contributed by atoms with Crippen molar-refractivity contribution in [2.24, 2.45) is 4.99 Å². The molecular formula is C31H28ClN13. The van der Waals surface area contributed by atoms with Gasteiger partial charge in [-0.1, -0.05) is 29.8 Å². The van der Waals surface area contributed by atoms with E-state index in [-0.39, 0.29) is 0 Å². The second kappa shape index (κ2) is 12.7. The van der Waals surface area contributed by atoms with Crippen LogP contribution in [-0.4, -0.2) is 62.4 Å². The number of aromatic nitrogens is 10. The van der Waals surface area contributed by atoms with Crippen molar-refractivity contribution < 1.29 is 0 Å². The number of allylic oxidation sites excluding steroid dienone is 1. The molecule has 0 amide bonds. The van der Waals surface area contributed by atoms with Gasteiger partial charge in [-0.2, -0.15) is 15.3 Å². The number of aromatic amines is 2. The summed E-state index contributed by atoms with van der Waals surface area (Å²) in [6.07, 6.45) is 12.5. The van der Waals surface area contributed by atoms with E-state index in [4.69, 9.17) is 23.1 Å². The molecule has 0 unspecified atom stereocenters. The van der Waals surface area contributed by atoms with E-state index in [1.54, 1.807) is 23.3 Å². The number of nitrogens with one attached hydrogen (secondary N) is 2. The quantitative estimate of drug-likeness (QED) is 0.202. The topological polar surface area (TPSA) is 191 Å². The molecule has 2 aromatic carbocycles. The van der Waals surface area contributed by atoms with Gasteiger partial charge in [-0.15, -0.1) is 0 Å². The first-order chi connectivity index (χ1) is 21.8. The third kappa shape index (κ3) is 6.68. The molecule has 6 heterocycles. The maximum absolute atomic E-state index is 6.01. The van der Waals surface area contributed by atoms with Crippen LogP contribution in [0.5, 0.6) is 0 Å². The van der Waals surface area contributed by atoms with Gasteiger partial charge in [0.05, 0.1) is 48.1 Å². The molecular weight excluding hydrogens is 590 g/mol. The lowest BCUT2D eigenvalue weighted by atomic mass is 10.1.